The minimum Gasteiger partial charge on any atom is -0.288 e. The molecule has 0 N–H and O–H groups in total. The quantitative estimate of drug-likeness (QED) is 0.709. The molecule has 2 rings (SSSR count). The average molecular weight is 210 g/mol. The van der Waals surface area contributed by atoms with Gasteiger partial charge in [0.05, 0.1) is 0 Å². The van der Waals surface area contributed by atoms with Gasteiger partial charge < -0.3 is 0 Å². The van der Waals surface area contributed by atoms with Crippen LogP contribution in [0.5, 0.6) is 0 Å². The van der Waals surface area contributed by atoms with Gasteiger partial charge in [0.1, 0.15) is 0 Å². The summed E-state index contributed by atoms with van der Waals surface area (Å²) in [5.74, 6) is 1.03. The maximum absolute atomic E-state index is 11.0. The van der Waals surface area contributed by atoms with Crippen molar-refractivity contribution in [3.8, 4) is 0 Å². The third kappa shape index (κ3) is 1.92. The molecular formula is C10H10OS2. The molecule has 1 aliphatic heterocycles. The van der Waals surface area contributed by atoms with Gasteiger partial charge in [-0.15, -0.1) is 11.8 Å². The SMILES string of the molecule is CC(=O)SC1CSc2ccccc21. The van der Waals surface area contributed by atoms with Crippen molar-refractivity contribution in [3.05, 3.63) is 29.8 Å². The first kappa shape index (κ1) is 9.16. The summed E-state index contributed by atoms with van der Waals surface area (Å²) < 4.78 is 0. The Balaban J connectivity index is 2.23. The van der Waals surface area contributed by atoms with Gasteiger partial charge in [-0.25, -0.2) is 0 Å². The lowest BCUT2D eigenvalue weighted by atomic mass is 10.2. The van der Waals surface area contributed by atoms with Crippen molar-refractivity contribution in [2.24, 2.45) is 0 Å². The molecule has 0 spiro atoms. The van der Waals surface area contributed by atoms with E-state index in [9.17, 15) is 4.79 Å². The molecule has 1 aromatic carbocycles. The van der Waals surface area contributed by atoms with Crippen LogP contribution in [-0.2, 0) is 4.79 Å². The number of hydrogen-bond acceptors (Lipinski definition) is 3. The van der Waals surface area contributed by atoms with Crippen LogP contribution in [0.1, 0.15) is 17.7 Å². The number of rotatable bonds is 1. The predicted molar refractivity (Wildman–Crippen MR) is 58.2 cm³/mol. The molecule has 0 amide bonds. The molecule has 0 saturated heterocycles. The molecule has 0 saturated carbocycles. The van der Waals surface area contributed by atoms with Crippen LogP contribution in [0.2, 0.25) is 0 Å². The van der Waals surface area contributed by atoms with Crippen molar-refractivity contribution in [2.45, 2.75) is 17.1 Å². The van der Waals surface area contributed by atoms with Gasteiger partial charge in [0.2, 0.25) is 0 Å². The van der Waals surface area contributed by atoms with Gasteiger partial charge >= 0.3 is 0 Å². The summed E-state index contributed by atoms with van der Waals surface area (Å²) in [5.41, 5.74) is 1.33. The number of carbonyl (C=O) groups is 1. The highest BCUT2D eigenvalue weighted by molar-refractivity contribution is 8.14. The Morgan fingerprint density at radius 3 is 3.08 bits per heavy atom. The minimum absolute atomic E-state index is 0.210. The van der Waals surface area contributed by atoms with Crippen LogP contribution in [0.3, 0.4) is 0 Å². The Labute approximate surface area is 86.3 Å². The van der Waals surface area contributed by atoms with Gasteiger partial charge in [0, 0.05) is 22.8 Å². The van der Waals surface area contributed by atoms with Gasteiger partial charge in [0.25, 0.3) is 0 Å². The standard InChI is InChI=1S/C10H10OS2/c1-7(11)13-10-6-12-9-5-3-2-4-8(9)10/h2-5,10H,6H2,1H3. The van der Waals surface area contributed by atoms with Crippen LogP contribution in [0, 0.1) is 0 Å². The zero-order valence-electron chi connectivity index (χ0n) is 7.32. The first-order valence-corrected chi connectivity index (χ1v) is 6.03. The first-order valence-electron chi connectivity index (χ1n) is 4.16. The lowest BCUT2D eigenvalue weighted by Crippen LogP contribution is -1.94. The average Bonchev–Trinajstić information content (AvgIpc) is 2.48. The smallest absolute Gasteiger partial charge is 0.186 e. The summed E-state index contributed by atoms with van der Waals surface area (Å²) in [6.45, 7) is 1.64. The lowest BCUT2D eigenvalue weighted by molar-refractivity contribution is -0.109. The number of carbonyl (C=O) groups excluding carboxylic acids is 1. The van der Waals surface area contributed by atoms with E-state index >= 15 is 0 Å². The summed E-state index contributed by atoms with van der Waals surface area (Å²) in [6, 6.07) is 8.34. The van der Waals surface area contributed by atoms with E-state index in [-0.39, 0.29) is 5.12 Å². The Kier molecular flexibility index (Phi) is 2.65. The van der Waals surface area contributed by atoms with E-state index in [1.807, 2.05) is 23.9 Å². The van der Waals surface area contributed by atoms with Crippen molar-refractivity contribution in [3.63, 3.8) is 0 Å². The minimum atomic E-state index is 0.210. The number of hydrogen-bond donors (Lipinski definition) is 0. The number of thioether (sulfide) groups is 2. The molecule has 1 heterocycles. The van der Waals surface area contributed by atoms with Crippen molar-refractivity contribution in [1.82, 2.24) is 0 Å². The normalized spacial score (nSPS) is 19.9. The second-order valence-electron chi connectivity index (χ2n) is 2.95. The van der Waals surface area contributed by atoms with Gasteiger partial charge in [-0.2, -0.15) is 0 Å². The fourth-order valence-electron chi connectivity index (χ4n) is 1.43. The van der Waals surface area contributed by atoms with E-state index in [2.05, 4.69) is 12.1 Å². The van der Waals surface area contributed by atoms with E-state index < -0.39 is 0 Å². The molecule has 3 heteroatoms. The van der Waals surface area contributed by atoms with Crippen LogP contribution in [0.15, 0.2) is 29.2 Å². The molecule has 0 radical (unpaired) electrons. The second-order valence-corrected chi connectivity index (χ2v) is 5.39. The molecule has 1 unspecified atom stereocenters. The van der Waals surface area contributed by atoms with E-state index in [1.54, 1.807) is 6.92 Å². The van der Waals surface area contributed by atoms with Crippen LogP contribution in [-0.4, -0.2) is 10.9 Å². The summed E-state index contributed by atoms with van der Waals surface area (Å²) in [5, 5.41) is 0.584. The summed E-state index contributed by atoms with van der Waals surface area (Å²) in [7, 11) is 0. The Hall–Kier alpha value is -0.410. The fourth-order valence-corrected chi connectivity index (χ4v) is 3.78. The fraction of sp³-hybridized carbons (Fsp3) is 0.300. The molecule has 1 nitrogen and oxygen atoms in total. The topological polar surface area (TPSA) is 17.1 Å². The van der Waals surface area contributed by atoms with Crippen LogP contribution < -0.4 is 0 Å². The Morgan fingerprint density at radius 2 is 2.31 bits per heavy atom. The van der Waals surface area contributed by atoms with E-state index in [4.69, 9.17) is 0 Å². The predicted octanol–water partition coefficient (Wildman–Crippen LogP) is 3.11. The number of fused-ring (bicyclic) bond motifs is 1. The van der Waals surface area contributed by atoms with Crippen molar-refractivity contribution in [1.29, 1.82) is 0 Å². The van der Waals surface area contributed by atoms with Gasteiger partial charge in [-0.05, 0) is 11.6 Å². The maximum atomic E-state index is 11.0. The summed E-state index contributed by atoms with van der Waals surface area (Å²) in [6.07, 6.45) is 0. The van der Waals surface area contributed by atoms with Crippen LogP contribution in [0.4, 0.5) is 0 Å². The van der Waals surface area contributed by atoms with Gasteiger partial charge in [-0.3, -0.25) is 4.79 Å². The third-order valence-electron chi connectivity index (χ3n) is 1.96. The molecule has 0 fully saturated rings. The van der Waals surface area contributed by atoms with Crippen LogP contribution >= 0.6 is 23.5 Å². The van der Waals surface area contributed by atoms with E-state index in [0.717, 1.165) is 5.75 Å². The lowest BCUT2D eigenvalue weighted by Gasteiger charge is -2.06. The largest absolute Gasteiger partial charge is 0.288 e. The zero-order chi connectivity index (χ0) is 9.26. The van der Waals surface area contributed by atoms with E-state index in [0.29, 0.717) is 5.25 Å². The number of benzene rings is 1. The van der Waals surface area contributed by atoms with Crippen LogP contribution in [0.25, 0.3) is 0 Å². The maximum Gasteiger partial charge on any atom is 0.186 e. The van der Waals surface area contributed by atoms with Crippen molar-refractivity contribution >= 4 is 28.6 Å². The Morgan fingerprint density at radius 1 is 1.54 bits per heavy atom. The van der Waals surface area contributed by atoms with Gasteiger partial charge in [0.15, 0.2) is 5.12 Å². The highest BCUT2D eigenvalue weighted by Crippen LogP contribution is 2.45. The summed E-state index contributed by atoms with van der Waals surface area (Å²) >= 11 is 3.29. The zero-order valence-corrected chi connectivity index (χ0v) is 8.95. The highest BCUT2D eigenvalue weighted by Gasteiger charge is 2.24. The molecule has 0 aromatic heterocycles. The van der Waals surface area contributed by atoms with Crippen molar-refractivity contribution < 1.29 is 4.79 Å². The van der Waals surface area contributed by atoms with Gasteiger partial charge in [-0.1, -0.05) is 30.0 Å². The molecule has 1 aliphatic rings. The molecule has 68 valence electrons. The molecule has 0 aliphatic carbocycles. The molecular weight excluding hydrogens is 200 g/mol. The first-order chi connectivity index (χ1) is 6.27. The molecule has 1 aromatic rings. The third-order valence-corrected chi connectivity index (χ3v) is 4.40. The Bertz CT molecular complexity index is 335. The second kappa shape index (κ2) is 3.76. The summed E-state index contributed by atoms with van der Waals surface area (Å²) in [4.78, 5) is 12.3. The van der Waals surface area contributed by atoms with Crippen molar-refractivity contribution in [2.75, 3.05) is 5.75 Å². The molecule has 0 bridgehead atoms. The highest BCUT2D eigenvalue weighted by atomic mass is 32.2. The van der Waals surface area contributed by atoms with E-state index in [1.165, 1.54) is 22.2 Å². The molecule has 13 heavy (non-hydrogen) atoms. The molecule has 1 atom stereocenters. The monoisotopic (exact) mass is 210 g/mol.